The second-order valence-electron chi connectivity index (χ2n) is 10.4. The maximum atomic E-state index is 13.4. The van der Waals surface area contributed by atoms with Crippen molar-refractivity contribution < 1.29 is 14.3 Å². The molecule has 1 saturated heterocycles. The normalized spacial score (nSPS) is 14.7. The van der Waals surface area contributed by atoms with Gasteiger partial charge in [0, 0.05) is 24.7 Å². The van der Waals surface area contributed by atoms with Crippen LogP contribution in [0.1, 0.15) is 47.3 Å². The van der Waals surface area contributed by atoms with Crippen LogP contribution in [0.5, 0.6) is 5.75 Å². The van der Waals surface area contributed by atoms with E-state index in [0.29, 0.717) is 53.4 Å². The number of carbonyl (C=O) groups excluding carboxylic acids is 2. The quantitative estimate of drug-likeness (QED) is 0.206. The van der Waals surface area contributed by atoms with Crippen LogP contribution in [-0.2, 0) is 11.4 Å². The van der Waals surface area contributed by atoms with Crippen LogP contribution in [0.3, 0.4) is 0 Å². The molecule has 0 aliphatic carbocycles. The minimum absolute atomic E-state index is 0. The molecule has 6 rings (SSSR count). The molecule has 4 aromatic rings. The van der Waals surface area contributed by atoms with Crippen molar-refractivity contribution in [2.75, 3.05) is 19.6 Å². The predicted octanol–water partition coefficient (Wildman–Crippen LogP) is 6.88. The number of likely N-dealkylation sites (tertiary alicyclic amines) is 1. The Balaban J connectivity index is 0.00000353. The first kappa shape index (κ1) is 30.0. The van der Waals surface area contributed by atoms with Crippen LogP contribution >= 0.6 is 35.8 Å². The van der Waals surface area contributed by atoms with Crippen LogP contribution in [0, 0.1) is 5.92 Å². The van der Waals surface area contributed by atoms with Crippen LogP contribution in [0.25, 0.3) is 11.7 Å². The van der Waals surface area contributed by atoms with Gasteiger partial charge in [0.05, 0.1) is 27.4 Å². The Kier molecular flexibility index (Phi) is 9.77. The number of aromatic nitrogens is 2. The number of carbonyl (C=O) groups is 2. The van der Waals surface area contributed by atoms with Crippen molar-refractivity contribution >= 4 is 59.3 Å². The van der Waals surface area contributed by atoms with Crippen molar-refractivity contribution in [3.05, 3.63) is 99.7 Å². The van der Waals surface area contributed by atoms with Gasteiger partial charge in [-0.25, -0.2) is 4.98 Å². The number of halogens is 2. The third kappa shape index (κ3) is 6.77. The van der Waals surface area contributed by atoms with Gasteiger partial charge in [0.2, 0.25) is 0 Å². The monoisotopic (exact) mass is 622 g/mol. The van der Waals surface area contributed by atoms with E-state index >= 15 is 0 Å². The second kappa shape index (κ2) is 13.7. The molecule has 0 bridgehead atoms. The fourth-order valence-electron chi connectivity index (χ4n) is 5.40. The van der Waals surface area contributed by atoms with Gasteiger partial charge in [-0.15, -0.1) is 12.4 Å². The molecule has 10 heteroatoms. The van der Waals surface area contributed by atoms with Gasteiger partial charge in [-0.3, -0.25) is 14.0 Å². The number of ether oxygens (including phenoxy) is 1. The average molecular weight is 624 g/mol. The van der Waals surface area contributed by atoms with E-state index in [0.717, 1.165) is 47.6 Å². The van der Waals surface area contributed by atoms with E-state index in [9.17, 15) is 9.59 Å². The number of amides is 2. The van der Waals surface area contributed by atoms with Crippen molar-refractivity contribution in [2.45, 2.75) is 37.3 Å². The Labute approximate surface area is 260 Å². The summed E-state index contributed by atoms with van der Waals surface area (Å²) in [4.78, 5) is 33.2. The Hall–Kier alpha value is -3.46. The molecule has 1 fully saturated rings. The van der Waals surface area contributed by atoms with Crippen LogP contribution in [-0.4, -0.2) is 45.7 Å². The van der Waals surface area contributed by atoms with Crippen LogP contribution < -0.4 is 10.1 Å². The third-order valence-corrected chi connectivity index (χ3v) is 8.91. The molecule has 0 atom stereocenters. The zero-order valence-corrected chi connectivity index (χ0v) is 25.4. The van der Waals surface area contributed by atoms with E-state index in [4.69, 9.17) is 16.3 Å². The summed E-state index contributed by atoms with van der Waals surface area (Å²) in [6, 6.07) is 21.0. The highest BCUT2D eigenvalue weighted by atomic mass is 35.5. The fourth-order valence-corrected chi connectivity index (χ4v) is 6.57. The third-order valence-electron chi connectivity index (χ3n) is 7.63. The molecule has 4 heterocycles. The Bertz CT molecular complexity index is 1600. The minimum atomic E-state index is -0.0480. The topological polar surface area (TPSA) is 75.9 Å². The number of imidazole rings is 1. The standard InChI is InChI=1S/C32H31ClN4O3S.ClH/c33-24-11-12-26(27(18-24)40-21-23-6-2-1-3-7-23)32(39)36-16-13-22(14-17-36)8-5-15-34-31(38)28-19-25-20-35-29-9-4-10-30(41-28)37(25)29;/h1-4,6-7,9-12,18-20,22H,5,8,13-17,21H2,(H,34,38);1H. The number of nitrogens with one attached hydrogen (secondary N) is 1. The first-order chi connectivity index (χ1) is 20.0. The molecule has 0 unspecified atom stereocenters. The van der Waals surface area contributed by atoms with Gasteiger partial charge in [-0.1, -0.05) is 59.8 Å². The molecule has 1 N–H and O–H groups in total. The first-order valence-corrected chi connectivity index (χ1v) is 15.1. The van der Waals surface area contributed by atoms with E-state index in [-0.39, 0.29) is 24.2 Å². The summed E-state index contributed by atoms with van der Waals surface area (Å²) in [5.74, 6) is 0.973. The van der Waals surface area contributed by atoms with Crippen LogP contribution in [0.2, 0.25) is 5.02 Å². The van der Waals surface area contributed by atoms with Crippen molar-refractivity contribution in [3.8, 4) is 5.75 Å². The Morgan fingerprint density at radius 2 is 1.86 bits per heavy atom. The summed E-state index contributed by atoms with van der Waals surface area (Å²) >= 11 is 7.70. The molecule has 218 valence electrons. The largest absolute Gasteiger partial charge is 0.488 e. The van der Waals surface area contributed by atoms with E-state index < -0.39 is 0 Å². The van der Waals surface area contributed by atoms with Gasteiger partial charge in [-0.05, 0) is 73.6 Å². The van der Waals surface area contributed by atoms with E-state index in [1.165, 1.54) is 11.8 Å². The van der Waals surface area contributed by atoms with E-state index in [1.54, 1.807) is 24.4 Å². The zero-order chi connectivity index (χ0) is 28.2. The van der Waals surface area contributed by atoms with Gasteiger partial charge in [0.15, 0.2) is 0 Å². The maximum Gasteiger partial charge on any atom is 0.258 e. The highest BCUT2D eigenvalue weighted by Crippen LogP contribution is 2.34. The van der Waals surface area contributed by atoms with Gasteiger partial charge in [0.25, 0.3) is 11.8 Å². The number of nitrogens with zero attached hydrogens (tertiary/aromatic N) is 3. The second-order valence-corrected chi connectivity index (χ2v) is 11.9. The Morgan fingerprint density at radius 1 is 1.05 bits per heavy atom. The van der Waals surface area contributed by atoms with Gasteiger partial charge in [0.1, 0.15) is 18.0 Å². The molecule has 0 spiro atoms. The average Bonchev–Trinajstić information content (AvgIpc) is 3.43. The van der Waals surface area contributed by atoms with Crippen molar-refractivity contribution in [1.82, 2.24) is 19.6 Å². The number of hydrogen-bond acceptors (Lipinski definition) is 5. The molecule has 2 aliphatic heterocycles. The SMILES string of the molecule is Cl.O=C(NCCCC1CCN(C(=O)c2ccc(Cl)cc2OCc2ccccc2)CC1)C1=Cc2cnc3cccc(n23)S1. The Morgan fingerprint density at radius 3 is 2.67 bits per heavy atom. The van der Waals surface area contributed by atoms with Gasteiger partial charge in [-0.2, -0.15) is 0 Å². The summed E-state index contributed by atoms with van der Waals surface area (Å²) < 4.78 is 8.08. The molecule has 0 radical (unpaired) electrons. The summed E-state index contributed by atoms with van der Waals surface area (Å²) in [6.45, 7) is 2.42. The molecule has 0 saturated carbocycles. The number of pyridine rings is 1. The lowest BCUT2D eigenvalue weighted by molar-refractivity contribution is -0.116. The van der Waals surface area contributed by atoms with Gasteiger partial charge >= 0.3 is 0 Å². The smallest absolute Gasteiger partial charge is 0.258 e. The van der Waals surface area contributed by atoms with Gasteiger partial charge < -0.3 is 15.0 Å². The number of benzene rings is 2. The van der Waals surface area contributed by atoms with E-state index in [2.05, 4.69) is 14.7 Å². The lowest BCUT2D eigenvalue weighted by atomic mass is 9.92. The number of piperidine rings is 1. The predicted molar refractivity (Wildman–Crippen MR) is 169 cm³/mol. The maximum absolute atomic E-state index is 13.4. The number of thioether (sulfide) groups is 1. The molecule has 2 aromatic carbocycles. The van der Waals surface area contributed by atoms with Crippen molar-refractivity contribution in [1.29, 1.82) is 0 Å². The molecule has 7 nitrogen and oxygen atoms in total. The molecular formula is C32H32Cl2N4O3S. The van der Waals surface area contributed by atoms with Crippen molar-refractivity contribution in [3.63, 3.8) is 0 Å². The lowest BCUT2D eigenvalue weighted by Gasteiger charge is -2.32. The molecule has 2 amide bonds. The molecule has 2 aliphatic rings. The first-order valence-electron chi connectivity index (χ1n) is 13.9. The summed E-state index contributed by atoms with van der Waals surface area (Å²) in [5.41, 5.74) is 3.38. The molecular weight excluding hydrogens is 591 g/mol. The number of hydrogen-bond donors (Lipinski definition) is 1. The lowest BCUT2D eigenvalue weighted by Crippen LogP contribution is -2.38. The van der Waals surface area contributed by atoms with Crippen LogP contribution in [0.4, 0.5) is 0 Å². The van der Waals surface area contributed by atoms with E-state index in [1.807, 2.05) is 59.5 Å². The fraction of sp³-hybridized carbons (Fsp3) is 0.281. The summed E-state index contributed by atoms with van der Waals surface area (Å²) in [5, 5.41) is 4.62. The zero-order valence-electron chi connectivity index (χ0n) is 23.0. The minimum Gasteiger partial charge on any atom is -0.488 e. The highest BCUT2D eigenvalue weighted by Gasteiger charge is 2.26. The molecule has 42 heavy (non-hydrogen) atoms. The summed E-state index contributed by atoms with van der Waals surface area (Å²) in [6.07, 6.45) is 7.52. The highest BCUT2D eigenvalue weighted by molar-refractivity contribution is 8.04. The van der Waals surface area contributed by atoms with Crippen molar-refractivity contribution in [2.24, 2.45) is 5.92 Å². The number of rotatable bonds is 9. The van der Waals surface area contributed by atoms with Crippen LogP contribution in [0.15, 0.2) is 82.9 Å². The molecule has 2 aromatic heterocycles. The summed E-state index contributed by atoms with van der Waals surface area (Å²) in [7, 11) is 0.